The fourth-order valence-electron chi connectivity index (χ4n) is 1.48. The van der Waals surface area contributed by atoms with Gasteiger partial charge in [0.1, 0.15) is 6.04 Å². The van der Waals surface area contributed by atoms with Crippen molar-refractivity contribution >= 4 is 23.5 Å². The van der Waals surface area contributed by atoms with Crippen LogP contribution in [0.2, 0.25) is 5.02 Å². The van der Waals surface area contributed by atoms with Crippen molar-refractivity contribution in [2.24, 2.45) is 0 Å². The molecule has 0 aliphatic rings. The highest BCUT2D eigenvalue weighted by Crippen LogP contribution is 2.25. The summed E-state index contributed by atoms with van der Waals surface area (Å²) in [5.74, 6) is -1.25. The van der Waals surface area contributed by atoms with Gasteiger partial charge in [0.2, 0.25) is 0 Å². The van der Waals surface area contributed by atoms with E-state index in [-0.39, 0.29) is 5.92 Å². The van der Waals surface area contributed by atoms with E-state index in [9.17, 15) is 9.59 Å². The zero-order chi connectivity index (χ0) is 13.9. The number of aliphatic carboxylic acids is 1. The average molecular weight is 270 g/mol. The van der Waals surface area contributed by atoms with Crippen molar-refractivity contribution in [3.8, 4) is 0 Å². The molecule has 1 unspecified atom stereocenters. The zero-order valence-electron chi connectivity index (χ0n) is 10.5. The summed E-state index contributed by atoms with van der Waals surface area (Å²) >= 11 is 6.07. The minimum atomic E-state index is -1.08. The Morgan fingerprint density at radius 1 is 1.28 bits per heavy atom. The largest absolute Gasteiger partial charge is 0.480 e. The lowest BCUT2D eigenvalue weighted by molar-refractivity contribution is -0.138. The monoisotopic (exact) mass is 269 g/mol. The molecule has 4 nitrogen and oxygen atoms in total. The van der Waals surface area contributed by atoms with Crippen molar-refractivity contribution in [2.45, 2.75) is 32.7 Å². The van der Waals surface area contributed by atoms with Crippen LogP contribution in [-0.4, -0.2) is 23.0 Å². The van der Waals surface area contributed by atoms with Crippen molar-refractivity contribution < 1.29 is 14.7 Å². The number of halogens is 1. The van der Waals surface area contributed by atoms with Crippen LogP contribution in [0.3, 0.4) is 0 Å². The van der Waals surface area contributed by atoms with Gasteiger partial charge in [-0.1, -0.05) is 31.5 Å². The van der Waals surface area contributed by atoms with Gasteiger partial charge in [0.25, 0.3) is 5.91 Å². The Bertz CT molecular complexity index is 471. The summed E-state index contributed by atoms with van der Waals surface area (Å²) in [6.07, 6.45) is 0. The predicted molar refractivity (Wildman–Crippen MR) is 70.1 cm³/mol. The minimum absolute atomic E-state index is 0.271. The Morgan fingerprint density at radius 2 is 1.89 bits per heavy atom. The molecule has 5 heteroatoms. The number of amides is 1. The molecule has 0 fully saturated rings. The molecule has 0 saturated heterocycles. The SMILES string of the molecule is CC(NC(=O)c1ccc(C(C)C)c(Cl)c1)C(=O)O. The van der Waals surface area contributed by atoms with Crippen molar-refractivity contribution in [1.82, 2.24) is 5.32 Å². The van der Waals surface area contributed by atoms with Gasteiger partial charge in [0.15, 0.2) is 0 Å². The molecule has 0 saturated carbocycles. The van der Waals surface area contributed by atoms with Gasteiger partial charge in [-0.25, -0.2) is 0 Å². The number of nitrogens with one attached hydrogen (secondary N) is 1. The number of rotatable bonds is 4. The number of carboxylic acids is 1. The second kappa shape index (κ2) is 5.87. The first-order valence-electron chi connectivity index (χ1n) is 5.66. The van der Waals surface area contributed by atoms with Crippen LogP contribution in [0.25, 0.3) is 0 Å². The summed E-state index contributed by atoms with van der Waals surface area (Å²) in [7, 11) is 0. The number of carbonyl (C=O) groups excluding carboxylic acids is 1. The normalized spacial score (nSPS) is 12.3. The van der Waals surface area contributed by atoms with E-state index in [1.165, 1.54) is 6.92 Å². The molecule has 98 valence electrons. The van der Waals surface area contributed by atoms with E-state index in [2.05, 4.69) is 5.32 Å². The molecule has 0 radical (unpaired) electrons. The third-order valence-electron chi connectivity index (χ3n) is 2.60. The molecule has 0 aliphatic heterocycles. The first-order chi connectivity index (χ1) is 8.32. The molecule has 0 aliphatic carbocycles. The summed E-state index contributed by atoms with van der Waals surface area (Å²) in [6, 6.07) is 4.06. The third kappa shape index (κ3) is 3.47. The summed E-state index contributed by atoms with van der Waals surface area (Å²) in [5.41, 5.74) is 1.32. The molecule has 1 amide bonds. The van der Waals surface area contributed by atoms with Crippen LogP contribution in [0, 0.1) is 0 Å². The summed E-state index contributed by atoms with van der Waals surface area (Å²) in [4.78, 5) is 22.4. The van der Waals surface area contributed by atoms with Crippen molar-refractivity contribution in [2.75, 3.05) is 0 Å². The van der Waals surface area contributed by atoms with E-state index in [4.69, 9.17) is 16.7 Å². The topological polar surface area (TPSA) is 66.4 Å². The Kier molecular flexibility index (Phi) is 4.73. The van der Waals surface area contributed by atoms with Crippen LogP contribution < -0.4 is 5.32 Å². The Balaban J connectivity index is 2.88. The summed E-state index contributed by atoms with van der Waals surface area (Å²) in [5, 5.41) is 11.6. The molecular formula is C13H16ClNO3. The number of benzene rings is 1. The van der Waals surface area contributed by atoms with Crippen LogP contribution in [0.5, 0.6) is 0 Å². The van der Waals surface area contributed by atoms with Gasteiger partial charge in [0, 0.05) is 10.6 Å². The van der Waals surface area contributed by atoms with E-state index in [1.54, 1.807) is 18.2 Å². The van der Waals surface area contributed by atoms with Gasteiger partial charge < -0.3 is 10.4 Å². The Hall–Kier alpha value is -1.55. The molecule has 1 atom stereocenters. The quantitative estimate of drug-likeness (QED) is 0.883. The maximum Gasteiger partial charge on any atom is 0.325 e. The molecule has 2 N–H and O–H groups in total. The highest BCUT2D eigenvalue weighted by molar-refractivity contribution is 6.31. The molecule has 1 rings (SSSR count). The van der Waals surface area contributed by atoms with E-state index in [0.717, 1.165) is 5.56 Å². The maximum atomic E-state index is 11.8. The molecule has 1 aromatic carbocycles. The van der Waals surface area contributed by atoms with E-state index < -0.39 is 17.9 Å². The van der Waals surface area contributed by atoms with Gasteiger partial charge in [-0.15, -0.1) is 0 Å². The molecule has 0 heterocycles. The Labute approximate surface area is 111 Å². The van der Waals surface area contributed by atoms with E-state index >= 15 is 0 Å². The van der Waals surface area contributed by atoms with Gasteiger partial charge in [-0.2, -0.15) is 0 Å². The van der Waals surface area contributed by atoms with Crippen molar-refractivity contribution in [1.29, 1.82) is 0 Å². The molecule has 18 heavy (non-hydrogen) atoms. The van der Waals surface area contributed by atoms with Gasteiger partial charge in [-0.05, 0) is 30.5 Å². The van der Waals surface area contributed by atoms with Crippen LogP contribution in [0.1, 0.15) is 42.6 Å². The molecular weight excluding hydrogens is 254 g/mol. The van der Waals surface area contributed by atoms with Crippen LogP contribution in [0.15, 0.2) is 18.2 Å². The highest BCUT2D eigenvalue weighted by atomic mass is 35.5. The predicted octanol–water partition coefficient (Wildman–Crippen LogP) is 2.67. The molecule has 0 bridgehead atoms. The minimum Gasteiger partial charge on any atom is -0.480 e. The lowest BCUT2D eigenvalue weighted by Crippen LogP contribution is -2.38. The fourth-order valence-corrected chi connectivity index (χ4v) is 1.88. The zero-order valence-corrected chi connectivity index (χ0v) is 11.3. The first-order valence-corrected chi connectivity index (χ1v) is 6.03. The lowest BCUT2D eigenvalue weighted by Gasteiger charge is -2.12. The van der Waals surface area contributed by atoms with Gasteiger partial charge in [0.05, 0.1) is 0 Å². The number of carbonyl (C=O) groups is 2. The standard InChI is InChI=1S/C13H16ClNO3/c1-7(2)10-5-4-9(6-11(10)14)12(16)15-8(3)13(17)18/h4-8H,1-3H3,(H,15,16)(H,17,18). The Morgan fingerprint density at radius 3 is 2.33 bits per heavy atom. The lowest BCUT2D eigenvalue weighted by atomic mass is 10.0. The smallest absolute Gasteiger partial charge is 0.325 e. The van der Waals surface area contributed by atoms with Crippen LogP contribution >= 0.6 is 11.6 Å². The van der Waals surface area contributed by atoms with Crippen molar-refractivity contribution in [3.63, 3.8) is 0 Å². The van der Waals surface area contributed by atoms with Crippen molar-refractivity contribution in [3.05, 3.63) is 34.3 Å². The molecule has 0 aromatic heterocycles. The first kappa shape index (κ1) is 14.5. The second-order valence-corrected chi connectivity index (χ2v) is 4.83. The highest BCUT2D eigenvalue weighted by Gasteiger charge is 2.16. The van der Waals surface area contributed by atoms with E-state index in [0.29, 0.717) is 10.6 Å². The fraction of sp³-hybridized carbons (Fsp3) is 0.385. The van der Waals surface area contributed by atoms with Crippen LogP contribution in [-0.2, 0) is 4.79 Å². The molecule has 1 aromatic rings. The molecule has 0 spiro atoms. The van der Waals surface area contributed by atoms with E-state index in [1.807, 2.05) is 13.8 Å². The average Bonchev–Trinajstić information content (AvgIpc) is 2.27. The third-order valence-corrected chi connectivity index (χ3v) is 2.93. The number of hydrogen-bond donors (Lipinski definition) is 2. The summed E-state index contributed by atoms with van der Waals surface area (Å²) < 4.78 is 0. The van der Waals surface area contributed by atoms with Crippen LogP contribution in [0.4, 0.5) is 0 Å². The van der Waals surface area contributed by atoms with Gasteiger partial charge >= 0.3 is 5.97 Å². The maximum absolute atomic E-state index is 11.8. The number of carboxylic acid groups (broad SMARTS) is 1. The second-order valence-electron chi connectivity index (χ2n) is 4.42. The number of hydrogen-bond acceptors (Lipinski definition) is 2. The van der Waals surface area contributed by atoms with Gasteiger partial charge in [-0.3, -0.25) is 9.59 Å². The summed E-state index contributed by atoms with van der Waals surface area (Å²) in [6.45, 7) is 5.42.